The minimum Gasteiger partial charge on any atom is -0.396 e. The van der Waals surface area contributed by atoms with Crippen LogP contribution in [-0.2, 0) is 11.2 Å². The predicted molar refractivity (Wildman–Crippen MR) is 59.6 cm³/mol. The summed E-state index contributed by atoms with van der Waals surface area (Å²) in [5.41, 5.74) is 1.60. The van der Waals surface area contributed by atoms with E-state index in [1.54, 1.807) is 19.1 Å². The average molecular weight is 225 g/mol. The first-order valence-corrected chi connectivity index (χ1v) is 5.26. The standard InChI is InChI=1S/C12H16FNO2/c1-9-8-10(2-3-11(9)13)4-6-14-12(16)5-7-15/h2-3,8,15H,4-7H2,1H3,(H,14,16). The van der Waals surface area contributed by atoms with E-state index in [-0.39, 0.29) is 24.8 Å². The molecule has 1 aromatic rings. The molecule has 0 fully saturated rings. The van der Waals surface area contributed by atoms with Crippen LogP contribution in [0.25, 0.3) is 0 Å². The summed E-state index contributed by atoms with van der Waals surface area (Å²) in [5, 5.41) is 11.2. The van der Waals surface area contributed by atoms with Crippen LogP contribution in [0.5, 0.6) is 0 Å². The Morgan fingerprint density at radius 3 is 2.88 bits per heavy atom. The first kappa shape index (κ1) is 12.6. The number of aryl methyl sites for hydroxylation is 1. The van der Waals surface area contributed by atoms with Crippen LogP contribution in [0.1, 0.15) is 17.5 Å². The highest BCUT2D eigenvalue weighted by atomic mass is 19.1. The van der Waals surface area contributed by atoms with Gasteiger partial charge in [0, 0.05) is 13.0 Å². The zero-order valence-corrected chi connectivity index (χ0v) is 9.29. The molecule has 0 bridgehead atoms. The molecule has 0 atom stereocenters. The van der Waals surface area contributed by atoms with Gasteiger partial charge in [-0.1, -0.05) is 12.1 Å². The quantitative estimate of drug-likeness (QED) is 0.790. The second-order valence-electron chi connectivity index (χ2n) is 3.66. The largest absolute Gasteiger partial charge is 0.396 e. The first-order chi connectivity index (χ1) is 7.63. The number of carbonyl (C=O) groups is 1. The molecular formula is C12H16FNO2. The van der Waals surface area contributed by atoms with Crippen molar-refractivity contribution in [1.82, 2.24) is 5.32 Å². The molecule has 0 saturated heterocycles. The number of halogens is 1. The maximum absolute atomic E-state index is 13.0. The van der Waals surface area contributed by atoms with Gasteiger partial charge >= 0.3 is 0 Å². The van der Waals surface area contributed by atoms with E-state index in [0.29, 0.717) is 18.5 Å². The summed E-state index contributed by atoms with van der Waals surface area (Å²) in [6.07, 6.45) is 0.792. The van der Waals surface area contributed by atoms with Crippen molar-refractivity contribution in [3.05, 3.63) is 35.1 Å². The van der Waals surface area contributed by atoms with E-state index in [4.69, 9.17) is 5.11 Å². The highest BCUT2D eigenvalue weighted by Gasteiger charge is 2.01. The third kappa shape index (κ3) is 3.98. The molecule has 3 nitrogen and oxygen atoms in total. The molecule has 0 aliphatic rings. The van der Waals surface area contributed by atoms with Crippen molar-refractivity contribution in [2.45, 2.75) is 19.8 Å². The lowest BCUT2D eigenvalue weighted by atomic mass is 10.1. The third-order valence-corrected chi connectivity index (χ3v) is 2.30. The summed E-state index contributed by atoms with van der Waals surface area (Å²) < 4.78 is 13.0. The number of benzene rings is 1. The summed E-state index contributed by atoms with van der Waals surface area (Å²) in [4.78, 5) is 11.0. The number of aliphatic hydroxyl groups excluding tert-OH is 1. The Morgan fingerprint density at radius 2 is 2.25 bits per heavy atom. The highest BCUT2D eigenvalue weighted by molar-refractivity contribution is 5.75. The SMILES string of the molecule is Cc1cc(CCNC(=O)CCO)ccc1F. The zero-order chi connectivity index (χ0) is 12.0. The van der Waals surface area contributed by atoms with Crippen molar-refractivity contribution in [2.75, 3.05) is 13.2 Å². The smallest absolute Gasteiger partial charge is 0.222 e. The van der Waals surface area contributed by atoms with E-state index in [9.17, 15) is 9.18 Å². The molecule has 1 amide bonds. The van der Waals surface area contributed by atoms with Crippen LogP contribution in [-0.4, -0.2) is 24.2 Å². The average Bonchev–Trinajstić information content (AvgIpc) is 2.24. The van der Waals surface area contributed by atoms with Gasteiger partial charge in [0.2, 0.25) is 5.91 Å². The van der Waals surface area contributed by atoms with Gasteiger partial charge in [0.1, 0.15) is 5.82 Å². The Hall–Kier alpha value is -1.42. The molecule has 0 saturated carbocycles. The number of aliphatic hydroxyl groups is 1. The monoisotopic (exact) mass is 225 g/mol. The van der Waals surface area contributed by atoms with Crippen LogP contribution in [0.15, 0.2) is 18.2 Å². The minimum absolute atomic E-state index is 0.127. The Bertz CT molecular complexity index is 366. The maximum atomic E-state index is 13.0. The summed E-state index contributed by atoms with van der Waals surface area (Å²) in [5.74, 6) is -0.380. The van der Waals surface area contributed by atoms with Crippen molar-refractivity contribution in [3.63, 3.8) is 0 Å². The number of hydrogen-bond acceptors (Lipinski definition) is 2. The van der Waals surface area contributed by atoms with Gasteiger partial charge < -0.3 is 10.4 Å². The second kappa shape index (κ2) is 6.23. The van der Waals surface area contributed by atoms with Crippen molar-refractivity contribution in [2.24, 2.45) is 0 Å². The van der Waals surface area contributed by atoms with Gasteiger partial charge in [0.25, 0.3) is 0 Å². The molecule has 1 aromatic carbocycles. The molecular weight excluding hydrogens is 209 g/mol. The fraction of sp³-hybridized carbons (Fsp3) is 0.417. The fourth-order valence-electron chi connectivity index (χ4n) is 1.40. The van der Waals surface area contributed by atoms with Gasteiger partial charge in [0.05, 0.1) is 6.61 Å². The zero-order valence-electron chi connectivity index (χ0n) is 9.29. The van der Waals surface area contributed by atoms with Gasteiger partial charge in [-0.25, -0.2) is 4.39 Å². The summed E-state index contributed by atoms with van der Waals surface area (Å²) in [6.45, 7) is 2.08. The molecule has 0 unspecified atom stereocenters. The van der Waals surface area contributed by atoms with Gasteiger partial charge in [-0.2, -0.15) is 0 Å². The lowest BCUT2D eigenvalue weighted by molar-refractivity contribution is -0.121. The molecule has 2 N–H and O–H groups in total. The van der Waals surface area contributed by atoms with Crippen LogP contribution in [0.3, 0.4) is 0 Å². The Kier molecular flexibility index (Phi) is 4.92. The molecule has 0 aliphatic carbocycles. The minimum atomic E-state index is -0.215. The summed E-state index contributed by atoms with van der Waals surface area (Å²) in [6, 6.07) is 4.91. The van der Waals surface area contributed by atoms with Crippen molar-refractivity contribution in [3.8, 4) is 0 Å². The number of rotatable bonds is 5. The van der Waals surface area contributed by atoms with Crippen LogP contribution in [0.2, 0.25) is 0 Å². The molecule has 0 aromatic heterocycles. The Labute approximate surface area is 94.3 Å². The molecule has 88 valence electrons. The predicted octanol–water partition coefficient (Wildman–Crippen LogP) is 1.18. The fourth-order valence-corrected chi connectivity index (χ4v) is 1.40. The van der Waals surface area contributed by atoms with E-state index in [2.05, 4.69) is 5.32 Å². The molecule has 0 aliphatic heterocycles. The van der Waals surface area contributed by atoms with Crippen LogP contribution in [0.4, 0.5) is 4.39 Å². The molecule has 0 heterocycles. The summed E-state index contributed by atoms with van der Waals surface area (Å²) >= 11 is 0. The first-order valence-electron chi connectivity index (χ1n) is 5.26. The van der Waals surface area contributed by atoms with Crippen molar-refractivity contribution < 1.29 is 14.3 Å². The number of carbonyl (C=O) groups excluding carboxylic acids is 1. The molecule has 0 radical (unpaired) electrons. The van der Waals surface area contributed by atoms with Gasteiger partial charge in [-0.05, 0) is 30.5 Å². The molecule has 4 heteroatoms. The van der Waals surface area contributed by atoms with E-state index in [1.165, 1.54) is 6.07 Å². The Morgan fingerprint density at radius 1 is 1.50 bits per heavy atom. The lowest BCUT2D eigenvalue weighted by Gasteiger charge is -2.05. The highest BCUT2D eigenvalue weighted by Crippen LogP contribution is 2.09. The topological polar surface area (TPSA) is 49.3 Å². The summed E-state index contributed by atoms with van der Waals surface area (Å²) in [7, 11) is 0. The van der Waals surface area contributed by atoms with Crippen molar-refractivity contribution in [1.29, 1.82) is 0 Å². The number of amides is 1. The molecule has 0 spiro atoms. The van der Waals surface area contributed by atoms with E-state index in [1.807, 2.05) is 0 Å². The Balaban J connectivity index is 2.37. The van der Waals surface area contributed by atoms with Crippen LogP contribution in [0, 0.1) is 12.7 Å². The van der Waals surface area contributed by atoms with Gasteiger partial charge in [-0.15, -0.1) is 0 Å². The van der Waals surface area contributed by atoms with E-state index < -0.39 is 0 Å². The number of hydrogen-bond donors (Lipinski definition) is 2. The van der Waals surface area contributed by atoms with E-state index >= 15 is 0 Å². The van der Waals surface area contributed by atoms with Gasteiger partial charge in [0.15, 0.2) is 0 Å². The molecule has 16 heavy (non-hydrogen) atoms. The molecule has 1 rings (SSSR count). The van der Waals surface area contributed by atoms with Crippen LogP contribution >= 0.6 is 0 Å². The number of nitrogens with one attached hydrogen (secondary N) is 1. The normalized spacial score (nSPS) is 10.2. The second-order valence-corrected chi connectivity index (χ2v) is 3.66. The van der Waals surface area contributed by atoms with E-state index in [0.717, 1.165) is 5.56 Å². The third-order valence-electron chi connectivity index (χ3n) is 2.30. The van der Waals surface area contributed by atoms with Crippen LogP contribution < -0.4 is 5.32 Å². The van der Waals surface area contributed by atoms with Crippen molar-refractivity contribution >= 4 is 5.91 Å². The lowest BCUT2D eigenvalue weighted by Crippen LogP contribution is -2.26. The van der Waals surface area contributed by atoms with Gasteiger partial charge in [-0.3, -0.25) is 4.79 Å². The maximum Gasteiger partial charge on any atom is 0.222 e.